The molecule has 0 amide bonds. The molecule has 140 valence electrons. The standard InChI is InChI=1S/C25H16FNOS/c26-19-14-12-18(13-15-19)25(28)17-10-8-16(9-11-17)20-4-3-7-23-24(20)27-21-5-1-2-6-22(21)29-23/h1-15,27H. The van der Waals surface area contributed by atoms with E-state index in [4.69, 9.17) is 0 Å². The Morgan fingerprint density at radius 2 is 1.38 bits per heavy atom. The van der Waals surface area contributed by atoms with Crippen molar-refractivity contribution in [2.45, 2.75) is 9.79 Å². The lowest BCUT2D eigenvalue weighted by molar-refractivity contribution is 0.103. The Balaban J connectivity index is 1.47. The van der Waals surface area contributed by atoms with Crippen molar-refractivity contribution >= 4 is 28.9 Å². The van der Waals surface area contributed by atoms with Crippen molar-refractivity contribution in [3.63, 3.8) is 0 Å². The first-order chi connectivity index (χ1) is 14.2. The molecular weight excluding hydrogens is 381 g/mol. The fourth-order valence-corrected chi connectivity index (χ4v) is 4.49. The number of rotatable bonds is 3. The second kappa shape index (κ2) is 7.22. The number of para-hydroxylation sites is 2. The molecule has 29 heavy (non-hydrogen) atoms. The Bertz CT molecular complexity index is 1220. The van der Waals surface area contributed by atoms with Gasteiger partial charge in [-0.25, -0.2) is 4.39 Å². The second-order valence-electron chi connectivity index (χ2n) is 6.82. The Kier molecular flexibility index (Phi) is 4.41. The van der Waals surface area contributed by atoms with Crippen LogP contribution >= 0.6 is 11.8 Å². The summed E-state index contributed by atoms with van der Waals surface area (Å²) in [6.45, 7) is 0. The molecule has 0 bridgehead atoms. The predicted octanol–water partition coefficient (Wildman–Crippen LogP) is 6.93. The van der Waals surface area contributed by atoms with Crippen molar-refractivity contribution in [3.05, 3.63) is 108 Å². The molecule has 0 radical (unpaired) electrons. The molecule has 0 aliphatic carbocycles. The van der Waals surface area contributed by atoms with E-state index in [0.29, 0.717) is 11.1 Å². The minimum absolute atomic E-state index is 0.116. The van der Waals surface area contributed by atoms with E-state index in [1.807, 2.05) is 42.5 Å². The molecule has 1 aliphatic rings. The second-order valence-corrected chi connectivity index (χ2v) is 7.90. The normalized spacial score (nSPS) is 11.9. The lowest BCUT2D eigenvalue weighted by Gasteiger charge is -2.23. The molecule has 0 aromatic heterocycles. The topological polar surface area (TPSA) is 29.1 Å². The van der Waals surface area contributed by atoms with Crippen LogP contribution in [0.1, 0.15) is 15.9 Å². The fourth-order valence-electron chi connectivity index (χ4n) is 3.47. The molecule has 0 atom stereocenters. The molecule has 4 aromatic carbocycles. The van der Waals surface area contributed by atoms with Crippen molar-refractivity contribution in [1.82, 2.24) is 0 Å². The van der Waals surface area contributed by atoms with E-state index in [1.54, 1.807) is 11.8 Å². The summed E-state index contributed by atoms with van der Waals surface area (Å²) >= 11 is 1.75. The molecule has 0 fully saturated rings. The van der Waals surface area contributed by atoms with E-state index in [2.05, 4.69) is 29.6 Å². The van der Waals surface area contributed by atoms with Gasteiger partial charge in [0.1, 0.15) is 5.82 Å². The van der Waals surface area contributed by atoms with E-state index < -0.39 is 0 Å². The summed E-state index contributed by atoms with van der Waals surface area (Å²) in [5, 5.41) is 3.55. The molecule has 0 saturated carbocycles. The SMILES string of the molecule is O=C(c1ccc(F)cc1)c1ccc(-c2cccc3c2Nc2ccccc2S3)cc1. The minimum Gasteiger partial charge on any atom is -0.353 e. The number of fused-ring (bicyclic) bond motifs is 2. The predicted molar refractivity (Wildman–Crippen MR) is 116 cm³/mol. The number of halogens is 1. The zero-order valence-corrected chi connectivity index (χ0v) is 16.2. The molecule has 4 aromatic rings. The van der Waals surface area contributed by atoms with Gasteiger partial charge in [0.25, 0.3) is 0 Å². The van der Waals surface area contributed by atoms with Crippen LogP contribution < -0.4 is 5.32 Å². The number of anilines is 2. The zero-order valence-electron chi connectivity index (χ0n) is 15.4. The van der Waals surface area contributed by atoms with Gasteiger partial charge < -0.3 is 5.32 Å². The Morgan fingerprint density at radius 1 is 0.724 bits per heavy atom. The number of benzene rings is 4. The van der Waals surface area contributed by atoms with Crippen LogP contribution in [0.15, 0.2) is 101 Å². The van der Waals surface area contributed by atoms with Gasteiger partial charge in [-0.3, -0.25) is 4.79 Å². The van der Waals surface area contributed by atoms with E-state index in [1.165, 1.54) is 34.1 Å². The van der Waals surface area contributed by atoms with E-state index in [0.717, 1.165) is 22.5 Å². The maximum absolute atomic E-state index is 13.1. The molecule has 1 aliphatic heterocycles. The molecule has 1 N–H and O–H groups in total. The van der Waals surface area contributed by atoms with Crippen LogP contribution in [0.25, 0.3) is 11.1 Å². The molecule has 0 unspecified atom stereocenters. The van der Waals surface area contributed by atoms with Gasteiger partial charge in [-0.2, -0.15) is 0 Å². The highest BCUT2D eigenvalue weighted by atomic mass is 32.2. The average molecular weight is 397 g/mol. The molecule has 0 spiro atoms. The molecule has 1 heterocycles. The third-order valence-electron chi connectivity index (χ3n) is 4.96. The minimum atomic E-state index is -0.349. The maximum Gasteiger partial charge on any atom is 0.193 e. The highest BCUT2D eigenvalue weighted by molar-refractivity contribution is 7.99. The molecule has 2 nitrogen and oxygen atoms in total. The highest BCUT2D eigenvalue weighted by Gasteiger charge is 2.19. The smallest absolute Gasteiger partial charge is 0.193 e. The summed E-state index contributed by atoms with van der Waals surface area (Å²) in [7, 11) is 0. The highest BCUT2D eigenvalue weighted by Crippen LogP contribution is 2.47. The first-order valence-corrected chi connectivity index (χ1v) is 10.1. The number of nitrogens with one attached hydrogen (secondary N) is 1. The maximum atomic E-state index is 13.1. The van der Waals surface area contributed by atoms with Crippen LogP contribution in [0.5, 0.6) is 0 Å². The van der Waals surface area contributed by atoms with Gasteiger partial charge in [0, 0.05) is 26.5 Å². The van der Waals surface area contributed by atoms with E-state index in [-0.39, 0.29) is 11.6 Å². The first kappa shape index (κ1) is 17.7. The molecule has 0 saturated heterocycles. The number of carbonyl (C=O) groups excluding carboxylic acids is 1. The van der Waals surface area contributed by atoms with Crippen LogP contribution in [0.3, 0.4) is 0 Å². The third-order valence-corrected chi connectivity index (χ3v) is 6.09. The first-order valence-electron chi connectivity index (χ1n) is 9.27. The fraction of sp³-hybridized carbons (Fsp3) is 0. The van der Waals surface area contributed by atoms with Crippen molar-refractivity contribution < 1.29 is 9.18 Å². The lowest BCUT2D eigenvalue weighted by atomic mass is 9.98. The average Bonchev–Trinajstić information content (AvgIpc) is 2.77. The van der Waals surface area contributed by atoms with E-state index in [9.17, 15) is 9.18 Å². The number of hydrogen-bond donors (Lipinski definition) is 1. The summed E-state index contributed by atoms with van der Waals surface area (Å²) in [6.07, 6.45) is 0. The number of ketones is 1. The third kappa shape index (κ3) is 3.32. The lowest BCUT2D eigenvalue weighted by Crippen LogP contribution is -2.02. The van der Waals surface area contributed by atoms with Gasteiger partial charge >= 0.3 is 0 Å². The largest absolute Gasteiger partial charge is 0.353 e. The van der Waals surface area contributed by atoms with Crippen molar-refractivity contribution in [2.75, 3.05) is 5.32 Å². The van der Waals surface area contributed by atoms with Crippen LogP contribution in [-0.4, -0.2) is 5.78 Å². The van der Waals surface area contributed by atoms with Crippen LogP contribution in [-0.2, 0) is 0 Å². The Labute approximate surface area is 172 Å². The Morgan fingerprint density at radius 3 is 2.14 bits per heavy atom. The van der Waals surface area contributed by atoms with Crippen molar-refractivity contribution in [3.8, 4) is 11.1 Å². The zero-order chi connectivity index (χ0) is 19.8. The quantitative estimate of drug-likeness (QED) is 0.335. The van der Waals surface area contributed by atoms with Gasteiger partial charge in [0.2, 0.25) is 0 Å². The van der Waals surface area contributed by atoms with Crippen molar-refractivity contribution in [2.24, 2.45) is 0 Å². The monoisotopic (exact) mass is 397 g/mol. The van der Waals surface area contributed by atoms with Gasteiger partial charge in [-0.15, -0.1) is 0 Å². The molecular formula is C25H16FNOS. The van der Waals surface area contributed by atoms with Crippen molar-refractivity contribution in [1.29, 1.82) is 0 Å². The number of carbonyl (C=O) groups is 1. The van der Waals surface area contributed by atoms with Gasteiger partial charge in [-0.05, 0) is 48.0 Å². The van der Waals surface area contributed by atoms with Crippen LogP contribution in [0.4, 0.5) is 15.8 Å². The van der Waals surface area contributed by atoms with E-state index >= 15 is 0 Å². The Hall–Kier alpha value is -3.37. The van der Waals surface area contributed by atoms with Crippen LogP contribution in [0.2, 0.25) is 0 Å². The van der Waals surface area contributed by atoms with Gasteiger partial charge in [0.15, 0.2) is 5.78 Å². The van der Waals surface area contributed by atoms with Crippen LogP contribution in [0, 0.1) is 5.82 Å². The summed E-state index contributed by atoms with van der Waals surface area (Å²) in [4.78, 5) is 15.0. The summed E-state index contributed by atoms with van der Waals surface area (Å²) < 4.78 is 13.1. The summed E-state index contributed by atoms with van der Waals surface area (Å²) in [5.41, 5.74) is 5.35. The summed E-state index contributed by atoms with van der Waals surface area (Å²) in [6, 6.07) is 27.7. The molecule has 5 rings (SSSR count). The molecule has 4 heteroatoms. The number of hydrogen-bond acceptors (Lipinski definition) is 3. The summed E-state index contributed by atoms with van der Waals surface area (Å²) in [5.74, 6) is -0.466. The van der Waals surface area contributed by atoms with Gasteiger partial charge in [-0.1, -0.05) is 60.3 Å². The van der Waals surface area contributed by atoms with Gasteiger partial charge in [0.05, 0.1) is 11.4 Å².